The average Bonchev–Trinajstić information content (AvgIpc) is 3.36. The van der Waals surface area contributed by atoms with Crippen LogP contribution in [0.3, 0.4) is 0 Å². The summed E-state index contributed by atoms with van der Waals surface area (Å²) in [5.74, 6) is 0.207. The van der Waals surface area contributed by atoms with Gasteiger partial charge in [0.1, 0.15) is 5.75 Å². The van der Waals surface area contributed by atoms with Gasteiger partial charge in [-0.2, -0.15) is 0 Å². The number of sulfonamides is 1. The van der Waals surface area contributed by atoms with Crippen LogP contribution in [0.2, 0.25) is 0 Å². The molecule has 1 aliphatic rings. The molecule has 0 aromatic heterocycles. The monoisotopic (exact) mass is 561 g/mol. The minimum atomic E-state index is -3.37. The Hall–Kier alpha value is -3.90. The lowest BCUT2D eigenvalue weighted by atomic mass is 10.0. The maximum absolute atomic E-state index is 11.6. The zero-order valence-electron chi connectivity index (χ0n) is 23.1. The van der Waals surface area contributed by atoms with Crippen molar-refractivity contribution in [1.82, 2.24) is 4.90 Å². The number of anilines is 2. The number of methoxy groups -OCH3 is 1. The molecule has 0 unspecified atom stereocenters. The van der Waals surface area contributed by atoms with Crippen LogP contribution in [0.4, 0.5) is 11.4 Å². The maximum atomic E-state index is 11.6. The van der Waals surface area contributed by atoms with E-state index in [1.54, 1.807) is 55.5 Å². The molecule has 4 N–H and O–H groups in total. The van der Waals surface area contributed by atoms with Crippen LogP contribution in [0.25, 0.3) is 0 Å². The normalized spacial score (nSPS) is 12.8. The number of benzene rings is 2. The highest BCUT2D eigenvalue weighted by Crippen LogP contribution is 2.28. The van der Waals surface area contributed by atoms with Gasteiger partial charge in [0.15, 0.2) is 0 Å². The third-order valence-corrected chi connectivity index (χ3v) is 5.66. The predicted octanol–water partition coefficient (Wildman–Crippen LogP) is 3.98. The van der Waals surface area contributed by atoms with Crippen molar-refractivity contribution in [2.24, 2.45) is 4.99 Å². The van der Waals surface area contributed by atoms with Crippen molar-refractivity contribution in [3.8, 4) is 5.75 Å². The minimum absolute atomic E-state index is 0.0871. The molecule has 0 saturated carbocycles. The number of ether oxygens (including phenoxy) is 1. The molecule has 39 heavy (non-hydrogen) atoms. The number of likely N-dealkylation sites (N-methyl/N-ethyl adjacent to an activating group) is 1. The van der Waals surface area contributed by atoms with E-state index in [1.807, 2.05) is 23.2 Å². The predicted molar refractivity (Wildman–Crippen MR) is 156 cm³/mol. The Balaban J connectivity index is 0.00000116. The fraction of sp³-hybridized carbons (Fsp3) is 0.370. The number of aromatic hydroxyl groups is 1. The first-order valence-corrected chi connectivity index (χ1v) is 14.2. The second-order valence-corrected chi connectivity index (χ2v) is 10.3. The number of aliphatic imine (C=N–C) groups is 1. The number of phenolic OH excluding ortho intramolecular Hbond substituents is 1. The molecule has 0 saturated heterocycles. The second kappa shape index (κ2) is 16.8. The summed E-state index contributed by atoms with van der Waals surface area (Å²) in [6, 6.07) is 14.0. The first-order chi connectivity index (χ1) is 18.5. The highest BCUT2D eigenvalue weighted by Gasteiger charge is 2.21. The van der Waals surface area contributed by atoms with Crippen LogP contribution < -0.4 is 9.62 Å². The minimum Gasteiger partial charge on any atom is -0.508 e. The first-order valence-electron chi connectivity index (χ1n) is 12.3. The third-order valence-electron chi connectivity index (χ3n) is 5.05. The molecular weight excluding hydrogens is 522 g/mol. The molecule has 0 spiro atoms. The molecule has 0 atom stereocenters. The summed E-state index contributed by atoms with van der Waals surface area (Å²) in [5, 5.41) is 25.3. The van der Waals surface area contributed by atoms with E-state index in [2.05, 4.69) is 23.6 Å². The summed E-state index contributed by atoms with van der Waals surface area (Å²) < 4.78 is 30.7. The van der Waals surface area contributed by atoms with Crippen LogP contribution in [0.5, 0.6) is 5.75 Å². The molecule has 0 radical (unpaired) electrons. The summed E-state index contributed by atoms with van der Waals surface area (Å²) in [6.45, 7) is 5.67. The highest BCUT2D eigenvalue weighted by atomic mass is 32.2. The summed E-state index contributed by atoms with van der Waals surface area (Å²) in [6.07, 6.45) is 4.99. The van der Waals surface area contributed by atoms with Crippen LogP contribution in [0.1, 0.15) is 32.3 Å². The fourth-order valence-electron chi connectivity index (χ4n) is 3.40. The van der Waals surface area contributed by atoms with Gasteiger partial charge in [0.25, 0.3) is 6.47 Å². The molecule has 12 heteroatoms. The van der Waals surface area contributed by atoms with Crippen molar-refractivity contribution in [3.05, 3.63) is 65.9 Å². The Morgan fingerprint density at radius 2 is 1.87 bits per heavy atom. The number of nitrogens with one attached hydrogen (secondary N) is 2. The standard InChI is InChI=1S/C23H29N5O4S.C3H8.CH2O2/c1-27(12-13-32-2)23(24)25-22(17-6-4-9-21(29)14-17)18-10-11-28(16-18)20-8-5-7-19(15-20)26-33(3,30)31;1-3-2;2-1-3/h4-9,14-16,24,26,29H,10-13H2,1-3H3;3H2,1-2H3;1H,(H,2,3). The number of carboxylic acid groups (broad SMARTS) is 1. The lowest BCUT2D eigenvalue weighted by Gasteiger charge is -2.18. The van der Waals surface area contributed by atoms with Crippen molar-refractivity contribution in [2.75, 3.05) is 49.7 Å². The van der Waals surface area contributed by atoms with Gasteiger partial charge in [-0.15, -0.1) is 0 Å². The van der Waals surface area contributed by atoms with E-state index in [9.17, 15) is 13.5 Å². The number of guanidine groups is 1. The average molecular weight is 562 g/mol. The fourth-order valence-corrected chi connectivity index (χ4v) is 3.96. The molecule has 2 aromatic rings. The molecule has 11 nitrogen and oxygen atoms in total. The quantitative estimate of drug-likeness (QED) is 0.214. The van der Waals surface area contributed by atoms with Gasteiger partial charge in [0, 0.05) is 44.7 Å². The van der Waals surface area contributed by atoms with E-state index in [0.29, 0.717) is 43.1 Å². The van der Waals surface area contributed by atoms with Gasteiger partial charge < -0.3 is 24.7 Å². The zero-order valence-corrected chi connectivity index (χ0v) is 23.9. The van der Waals surface area contributed by atoms with E-state index < -0.39 is 10.0 Å². The molecule has 214 valence electrons. The van der Waals surface area contributed by atoms with E-state index in [-0.39, 0.29) is 18.2 Å². The van der Waals surface area contributed by atoms with E-state index >= 15 is 0 Å². The van der Waals surface area contributed by atoms with Crippen LogP contribution >= 0.6 is 0 Å². The summed E-state index contributed by atoms with van der Waals surface area (Å²) in [7, 11) is 0.0126. The highest BCUT2D eigenvalue weighted by molar-refractivity contribution is 7.92. The van der Waals surface area contributed by atoms with Gasteiger partial charge in [-0.05, 0) is 42.3 Å². The summed E-state index contributed by atoms with van der Waals surface area (Å²) in [5.41, 5.74) is 3.54. The van der Waals surface area contributed by atoms with Crippen LogP contribution in [0, 0.1) is 5.41 Å². The van der Waals surface area contributed by atoms with Crippen LogP contribution in [-0.4, -0.2) is 81.8 Å². The largest absolute Gasteiger partial charge is 0.508 e. The van der Waals surface area contributed by atoms with Crippen molar-refractivity contribution in [1.29, 1.82) is 5.41 Å². The lowest BCUT2D eigenvalue weighted by Crippen LogP contribution is -2.29. The van der Waals surface area contributed by atoms with Crippen molar-refractivity contribution < 1.29 is 28.2 Å². The molecule has 3 rings (SSSR count). The van der Waals surface area contributed by atoms with E-state index in [4.69, 9.17) is 20.0 Å². The van der Waals surface area contributed by atoms with Gasteiger partial charge >= 0.3 is 0 Å². The van der Waals surface area contributed by atoms with Gasteiger partial charge in [-0.1, -0.05) is 38.5 Å². The van der Waals surface area contributed by atoms with Gasteiger partial charge in [-0.3, -0.25) is 14.9 Å². The molecule has 0 bridgehead atoms. The number of carbonyl (C=O) groups is 1. The first kappa shape index (κ1) is 33.1. The number of hydrogen-bond donors (Lipinski definition) is 4. The van der Waals surface area contributed by atoms with Crippen molar-refractivity contribution >= 4 is 39.5 Å². The number of hydrogen-bond acceptors (Lipinski definition) is 7. The zero-order chi connectivity index (χ0) is 29.4. The van der Waals surface area contributed by atoms with E-state index in [0.717, 1.165) is 17.5 Å². The summed E-state index contributed by atoms with van der Waals surface area (Å²) >= 11 is 0. The summed E-state index contributed by atoms with van der Waals surface area (Å²) in [4.78, 5) is 16.7. The topological polar surface area (TPSA) is 156 Å². The SMILES string of the molecule is CCC.COCCN(C)C(=N)N=C(C1=CN(c2cccc(NS(C)(=O)=O)c2)CC1)c1cccc(O)c1.O=CO. The Kier molecular flexibility index (Phi) is 14.3. The molecule has 0 amide bonds. The van der Waals surface area contributed by atoms with Crippen LogP contribution in [-0.2, 0) is 19.6 Å². The number of rotatable bonds is 8. The van der Waals surface area contributed by atoms with E-state index in [1.165, 1.54) is 6.42 Å². The molecule has 0 fully saturated rings. The molecular formula is C27H39N5O6S. The second-order valence-electron chi connectivity index (χ2n) is 8.58. The number of nitrogens with zero attached hydrogens (tertiary/aromatic N) is 3. The molecule has 2 aromatic carbocycles. The number of phenols is 1. The lowest BCUT2D eigenvalue weighted by molar-refractivity contribution is -0.122. The van der Waals surface area contributed by atoms with Crippen molar-refractivity contribution in [2.45, 2.75) is 26.7 Å². The Morgan fingerprint density at radius 1 is 1.23 bits per heavy atom. The van der Waals surface area contributed by atoms with Crippen molar-refractivity contribution in [3.63, 3.8) is 0 Å². The Morgan fingerprint density at radius 3 is 2.46 bits per heavy atom. The smallest absolute Gasteiger partial charge is 0.290 e. The Labute approximate surface area is 231 Å². The molecule has 1 aliphatic heterocycles. The van der Waals surface area contributed by atoms with Crippen LogP contribution in [0.15, 0.2) is 65.3 Å². The van der Waals surface area contributed by atoms with Gasteiger partial charge in [-0.25, -0.2) is 13.4 Å². The maximum Gasteiger partial charge on any atom is 0.290 e. The van der Waals surface area contributed by atoms with Gasteiger partial charge in [0.05, 0.1) is 24.3 Å². The Bertz CT molecular complexity index is 1250. The third kappa shape index (κ3) is 12.0. The molecule has 0 aliphatic carbocycles. The molecule has 1 heterocycles. The van der Waals surface area contributed by atoms with Gasteiger partial charge in [0.2, 0.25) is 16.0 Å².